The summed E-state index contributed by atoms with van der Waals surface area (Å²) in [5.74, 6) is 0.900. The van der Waals surface area contributed by atoms with Gasteiger partial charge in [0.25, 0.3) is 0 Å². The van der Waals surface area contributed by atoms with E-state index in [1.807, 2.05) is 19.9 Å². The minimum Gasteiger partial charge on any atom is -0.370 e. The Bertz CT molecular complexity index is 580. The molecule has 20 heavy (non-hydrogen) atoms. The van der Waals surface area contributed by atoms with Gasteiger partial charge >= 0.3 is 0 Å². The standard InChI is InChI=1S/C14H19N5S/c1-5-11-12(15-6-2)16-8-17-13(11)20-14-18-9(3)7-10(4)19-14/h7-8H,5-6H2,1-4H3,(H,15,16,17). The van der Waals surface area contributed by atoms with Crippen molar-refractivity contribution in [3.8, 4) is 0 Å². The second-order valence-electron chi connectivity index (χ2n) is 4.43. The molecule has 0 aliphatic carbocycles. The smallest absolute Gasteiger partial charge is 0.194 e. The summed E-state index contributed by atoms with van der Waals surface area (Å²) >= 11 is 1.49. The molecule has 2 aromatic rings. The number of nitrogens with one attached hydrogen (secondary N) is 1. The number of hydrogen-bond donors (Lipinski definition) is 1. The fourth-order valence-electron chi connectivity index (χ4n) is 1.95. The molecule has 0 atom stereocenters. The summed E-state index contributed by atoms with van der Waals surface area (Å²) in [5, 5.41) is 4.93. The van der Waals surface area contributed by atoms with Gasteiger partial charge in [-0.1, -0.05) is 6.92 Å². The molecule has 0 saturated heterocycles. The van der Waals surface area contributed by atoms with E-state index < -0.39 is 0 Å². The predicted octanol–water partition coefficient (Wildman–Crippen LogP) is 3.03. The Hall–Kier alpha value is -1.69. The van der Waals surface area contributed by atoms with Crippen LogP contribution in [0.25, 0.3) is 0 Å². The minimum atomic E-state index is 0.735. The molecular formula is C14H19N5S. The van der Waals surface area contributed by atoms with Crippen LogP contribution in [0.15, 0.2) is 22.6 Å². The quantitative estimate of drug-likeness (QED) is 0.674. The number of anilines is 1. The molecular weight excluding hydrogens is 270 g/mol. The highest BCUT2D eigenvalue weighted by atomic mass is 32.2. The second-order valence-corrected chi connectivity index (χ2v) is 5.38. The van der Waals surface area contributed by atoms with Gasteiger partial charge in [-0.25, -0.2) is 19.9 Å². The third-order valence-corrected chi connectivity index (χ3v) is 3.66. The molecule has 0 aromatic carbocycles. The summed E-state index contributed by atoms with van der Waals surface area (Å²) in [6.45, 7) is 8.95. The maximum absolute atomic E-state index is 4.45. The summed E-state index contributed by atoms with van der Waals surface area (Å²) in [7, 11) is 0. The molecule has 0 amide bonds. The van der Waals surface area contributed by atoms with Crippen molar-refractivity contribution in [1.29, 1.82) is 0 Å². The van der Waals surface area contributed by atoms with Crippen LogP contribution in [0.2, 0.25) is 0 Å². The summed E-state index contributed by atoms with van der Waals surface area (Å²) in [6.07, 6.45) is 2.46. The fourth-order valence-corrected chi connectivity index (χ4v) is 2.96. The Morgan fingerprint density at radius 3 is 2.40 bits per heavy atom. The van der Waals surface area contributed by atoms with Gasteiger partial charge in [-0.05, 0) is 45.0 Å². The zero-order valence-corrected chi connectivity index (χ0v) is 13.1. The van der Waals surface area contributed by atoms with E-state index in [0.717, 1.165) is 45.9 Å². The van der Waals surface area contributed by atoms with Gasteiger partial charge in [0.15, 0.2) is 5.16 Å². The zero-order valence-electron chi connectivity index (χ0n) is 12.3. The molecule has 0 fully saturated rings. The maximum atomic E-state index is 4.45. The lowest BCUT2D eigenvalue weighted by Crippen LogP contribution is -2.05. The second kappa shape index (κ2) is 6.65. The summed E-state index contributed by atoms with van der Waals surface area (Å²) < 4.78 is 0. The van der Waals surface area contributed by atoms with E-state index in [1.165, 1.54) is 11.8 Å². The molecule has 106 valence electrons. The van der Waals surface area contributed by atoms with Crippen LogP contribution in [0, 0.1) is 13.8 Å². The summed E-state index contributed by atoms with van der Waals surface area (Å²) in [6, 6.07) is 1.97. The highest BCUT2D eigenvalue weighted by Gasteiger charge is 2.12. The molecule has 0 radical (unpaired) electrons. The molecule has 0 saturated carbocycles. The van der Waals surface area contributed by atoms with Crippen LogP contribution in [-0.4, -0.2) is 26.5 Å². The Morgan fingerprint density at radius 1 is 1.10 bits per heavy atom. The van der Waals surface area contributed by atoms with Gasteiger partial charge in [0, 0.05) is 23.5 Å². The Kier molecular flexibility index (Phi) is 4.89. The summed E-state index contributed by atoms with van der Waals surface area (Å²) in [4.78, 5) is 17.6. The van der Waals surface area contributed by atoms with Crippen LogP contribution in [0.3, 0.4) is 0 Å². The van der Waals surface area contributed by atoms with Gasteiger partial charge in [-0.2, -0.15) is 0 Å². The van der Waals surface area contributed by atoms with Crippen LogP contribution in [0.4, 0.5) is 5.82 Å². The molecule has 1 N–H and O–H groups in total. The molecule has 2 heterocycles. The molecule has 0 spiro atoms. The maximum Gasteiger partial charge on any atom is 0.194 e. The molecule has 5 nitrogen and oxygen atoms in total. The van der Waals surface area contributed by atoms with Gasteiger partial charge in [-0.3, -0.25) is 0 Å². The number of rotatable bonds is 5. The number of hydrogen-bond acceptors (Lipinski definition) is 6. The van der Waals surface area contributed by atoms with Gasteiger partial charge in [0.2, 0.25) is 0 Å². The van der Waals surface area contributed by atoms with E-state index in [0.29, 0.717) is 0 Å². The first-order chi connectivity index (χ1) is 9.63. The molecule has 2 rings (SSSR count). The monoisotopic (exact) mass is 289 g/mol. The van der Waals surface area contributed by atoms with Crippen molar-refractivity contribution >= 4 is 17.6 Å². The molecule has 0 aliphatic rings. The highest BCUT2D eigenvalue weighted by molar-refractivity contribution is 7.99. The van der Waals surface area contributed by atoms with Gasteiger partial charge in [-0.15, -0.1) is 0 Å². The van der Waals surface area contributed by atoms with Crippen molar-refractivity contribution in [3.05, 3.63) is 29.3 Å². The van der Waals surface area contributed by atoms with Gasteiger partial charge in [0.05, 0.1) is 0 Å². The number of aromatic nitrogens is 4. The van der Waals surface area contributed by atoms with Crippen molar-refractivity contribution < 1.29 is 0 Å². The van der Waals surface area contributed by atoms with Crippen LogP contribution in [-0.2, 0) is 6.42 Å². The van der Waals surface area contributed by atoms with E-state index in [9.17, 15) is 0 Å². The van der Waals surface area contributed by atoms with Crippen LogP contribution in [0.5, 0.6) is 0 Å². The minimum absolute atomic E-state index is 0.735. The van der Waals surface area contributed by atoms with Crippen LogP contribution < -0.4 is 5.32 Å². The van der Waals surface area contributed by atoms with E-state index in [2.05, 4.69) is 39.1 Å². The average Bonchev–Trinajstić information content (AvgIpc) is 2.38. The van der Waals surface area contributed by atoms with E-state index >= 15 is 0 Å². The predicted molar refractivity (Wildman–Crippen MR) is 81.2 cm³/mol. The first-order valence-electron chi connectivity index (χ1n) is 6.71. The van der Waals surface area contributed by atoms with E-state index in [-0.39, 0.29) is 0 Å². The molecule has 0 unspecified atom stereocenters. The molecule has 0 aliphatic heterocycles. The normalized spacial score (nSPS) is 10.6. The largest absolute Gasteiger partial charge is 0.370 e. The number of nitrogens with zero attached hydrogens (tertiary/aromatic N) is 4. The fraction of sp³-hybridized carbons (Fsp3) is 0.429. The average molecular weight is 289 g/mol. The Balaban J connectivity index is 2.35. The molecule has 6 heteroatoms. The highest BCUT2D eigenvalue weighted by Crippen LogP contribution is 2.29. The topological polar surface area (TPSA) is 63.6 Å². The van der Waals surface area contributed by atoms with Crippen LogP contribution >= 0.6 is 11.8 Å². The molecule has 2 aromatic heterocycles. The SMILES string of the molecule is CCNc1ncnc(Sc2nc(C)cc(C)n2)c1CC. The first kappa shape index (κ1) is 14.7. The van der Waals surface area contributed by atoms with Crippen molar-refractivity contribution in [2.24, 2.45) is 0 Å². The van der Waals surface area contributed by atoms with Crippen LogP contribution in [0.1, 0.15) is 30.8 Å². The number of aryl methyl sites for hydroxylation is 2. The third kappa shape index (κ3) is 3.45. The van der Waals surface area contributed by atoms with Gasteiger partial charge < -0.3 is 5.32 Å². The van der Waals surface area contributed by atoms with Crippen molar-refractivity contribution in [2.45, 2.75) is 44.3 Å². The van der Waals surface area contributed by atoms with E-state index in [1.54, 1.807) is 6.33 Å². The Morgan fingerprint density at radius 2 is 1.80 bits per heavy atom. The molecule has 0 bridgehead atoms. The first-order valence-corrected chi connectivity index (χ1v) is 7.53. The summed E-state index contributed by atoms with van der Waals surface area (Å²) in [5.41, 5.74) is 3.06. The Labute approximate surface area is 123 Å². The van der Waals surface area contributed by atoms with E-state index in [4.69, 9.17) is 0 Å². The third-order valence-electron chi connectivity index (χ3n) is 2.75. The van der Waals surface area contributed by atoms with Crippen molar-refractivity contribution in [3.63, 3.8) is 0 Å². The lowest BCUT2D eigenvalue weighted by atomic mass is 10.2. The van der Waals surface area contributed by atoms with Gasteiger partial charge in [0.1, 0.15) is 17.2 Å². The lowest BCUT2D eigenvalue weighted by molar-refractivity contribution is 0.887. The van der Waals surface area contributed by atoms with Crippen molar-refractivity contribution in [2.75, 3.05) is 11.9 Å². The lowest BCUT2D eigenvalue weighted by Gasteiger charge is -2.11. The van der Waals surface area contributed by atoms with Crippen molar-refractivity contribution in [1.82, 2.24) is 19.9 Å². The zero-order chi connectivity index (χ0) is 14.5.